The van der Waals surface area contributed by atoms with Crippen molar-refractivity contribution < 1.29 is 10.3 Å². The van der Waals surface area contributed by atoms with E-state index in [0.29, 0.717) is 5.56 Å². The van der Waals surface area contributed by atoms with Crippen molar-refractivity contribution in [3.05, 3.63) is 35.9 Å². The standard InChI is InChI=1S/C7H7NO.ClH.H2O/c8-7(9)6-4-2-1-3-5-6;;/h1-5H,(H2,8,9);1H;1H2. The zero-order valence-electron chi connectivity index (χ0n) is 5.78. The van der Waals surface area contributed by atoms with Crippen LogP contribution in [0.1, 0.15) is 10.4 Å². The second-order valence-corrected chi connectivity index (χ2v) is 1.73. The van der Waals surface area contributed by atoms with Gasteiger partial charge >= 0.3 is 0 Å². The molecule has 1 aromatic rings. The van der Waals surface area contributed by atoms with E-state index in [2.05, 4.69) is 0 Å². The smallest absolute Gasteiger partial charge is 0.248 e. The predicted octanol–water partition coefficient (Wildman–Crippen LogP) is 0.383. The fourth-order valence-corrected chi connectivity index (χ4v) is 0.602. The van der Waals surface area contributed by atoms with Crippen LogP contribution >= 0.6 is 12.4 Å². The average Bonchev–Trinajstić information content (AvgIpc) is 1.90. The third kappa shape index (κ3) is 3.60. The van der Waals surface area contributed by atoms with Crippen LogP contribution in [0.25, 0.3) is 0 Å². The van der Waals surface area contributed by atoms with Gasteiger partial charge in [-0.05, 0) is 12.1 Å². The number of hydrogen-bond donors (Lipinski definition) is 1. The number of primary amides is 1. The summed E-state index contributed by atoms with van der Waals surface area (Å²) in [6, 6.07) is 8.76. The minimum absolute atomic E-state index is 0. The van der Waals surface area contributed by atoms with Crippen molar-refractivity contribution >= 4 is 18.3 Å². The highest BCUT2D eigenvalue weighted by Crippen LogP contribution is 1.94. The number of rotatable bonds is 1. The van der Waals surface area contributed by atoms with Gasteiger partial charge in [0.2, 0.25) is 5.91 Å². The van der Waals surface area contributed by atoms with Crippen LogP contribution in [0.2, 0.25) is 0 Å². The van der Waals surface area contributed by atoms with E-state index < -0.39 is 0 Å². The predicted molar refractivity (Wildman–Crippen MR) is 45.8 cm³/mol. The first-order chi connectivity index (χ1) is 4.30. The number of halogens is 1. The lowest BCUT2D eigenvalue weighted by atomic mass is 10.2. The van der Waals surface area contributed by atoms with Crippen LogP contribution in [0.5, 0.6) is 0 Å². The van der Waals surface area contributed by atoms with Crippen LogP contribution in [0.3, 0.4) is 0 Å². The van der Waals surface area contributed by atoms with Gasteiger partial charge in [-0.3, -0.25) is 4.79 Å². The quantitative estimate of drug-likeness (QED) is 0.659. The molecular weight excluding hydrogens is 166 g/mol. The molecule has 0 unspecified atom stereocenters. The van der Waals surface area contributed by atoms with E-state index in [1.165, 1.54) is 0 Å². The number of nitrogens with two attached hydrogens (primary N) is 1. The van der Waals surface area contributed by atoms with Gasteiger partial charge in [0.25, 0.3) is 0 Å². The zero-order chi connectivity index (χ0) is 6.69. The van der Waals surface area contributed by atoms with E-state index >= 15 is 0 Å². The monoisotopic (exact) mass is 175 g/mol. The highest BCUT2D eigenvalue weighted by Gasteiger charge is 1.93. The Bertz CT molecular complexity index is 213. The molecule has 0 aromatic heterocycles. The van der Waals surface area contributed by atoms with Gasteiger partial charge in [-0.15, -0.1) is 12.4 Å². The summed E-state index contributed by atoms with van der Waals surface area (Å²) in [6.45, 7) is 0. The SMILES string of the molecule is Cl.NC(=O)c1ccccc1.O. The molecule has 0 aliphatic carbocycles. The molecule has 62 valence electrons. The van der Waals surface area contributed by atoms with Gasteiger partial charge < -0.3 is 11.2 Å². The summed E-state index contributed by atoms with van der Waals surface area (Å²) in [5.41, 5.74) is 5.53. The van der Waals surface area contributed by atoms with Crippen molar-refractivity contribution in [2.75, 3.05) is 0 Å². The first-order valence-electron chi connectivity index (χ1n) is 2.65. The van der Waals surface area contributed by atoms with E-state index in [-0.39, 0.29) is 23.8 Å². The van der Waals surface area contributed by atoms with Crippen molar-refractivity contribution in [3.63, 3.8) is 0 Å². The molecule has 0 atom stereocenters. The van der Waals surface area contributed by atoms with Crippen molar-refractivity contribution in [3.8, 4) is 0 Å². The van der Waals surface area contributed by atoms with E-state index in [1.54, 1.807) is 24.3 Å². The number of hydrogen-bond acceptors (Lipinski definition) is 1. The second kappa shape index (κ2) is 5.70. The van der Waals surface area contributed by atoms with Crippen LogP contribution in [-0.2, 0) is 0 Å². The van der Waals surface area contributed by atoms with Gasteiger partial charge in [0.15, 0.2) is 0 Å². The lowest BCUT2D eigenvalue weighted by Gasteiger charge is -1.89. The molecule has 1 amide bonds. The molecule has 4 heteroatoms. The highest BCUT2D eigenvalue weighted by atomic mass is 35.5. The Balaban J connectivity index is 0. The first-order valence-corrected chi connectivity index (χ1v) is 2.65. The molecule has 0 spiro atoms. The van der Waals surface area contributed by atoms with Crippen molar-refractivity contribution in [2.24, 2.45) is 5.73 Å². The van der Waals surface area contributed by atoms with Gasteiger partial charge in [-0.2, -0.15) is 0 Å². The molecule has 0 saturated heterocycles. The summed E-state index contributed by atoms with van der Waals surface area (Å²) >= 11 is 0. The molecular formula is C7H10ClNO2. The molecule has 0 bridgehead atoms. The molecule has 0 fully saturated rings. The maximum atomic E-state index is 10.4. The van der Waals surface area contributed by atoms with Crippen LogP contribution in [0.4, 0.5) is 0 Å². The number of amides is 1. The van der Waals surface area contributed by atoms with Crippen molar-refractivity contribution in [1.29, 1.82) is 0 Å². The molecule has 0 radical (unpaired) electrons. The summed E-state index contributed by atoms with van der Waals surface area (Å²) in [5, 5.41) is 0. The zero-order valence-corrected chi connectivity index (χ0v) is 6.60. The Morgan fingerprint density at radius 3 is 1.91 bits per heavy atom. The molecule has 0 saturated carbocycles. The first kappa shape index (κ1) is 12.6. The molecule has 1 rings (SSSR count). The van der Waals surface area contributed by atoms with Crippen LogP contribution < -0.4 is 5.73 Å². The maximum Gasteiger partial charge on any atom is 0.248 e. The van der Waals surface area contributed by atoms with Crippen LogP contribution in [0, 0.1) is 0 Å². The minimum atomic E-state index is -0.379. The summed E-state index contributed by atoms with van der Waals surface area (Å²) in [4.78, 5) is 10.4. The summed E-state index contributed by atoms with van der Waals surface area (Å²) in [6.07, 6.45) is 0. The molecule has 0 heterocycles. The summed E-state index contributed by atoms with van der Waals surface area (Å²) < 4.78 is 0. The topological polar surface area (TPSA) is 74.6 Å². The Morgan fingerprint density at radius 1 is 1.18 bits per heavy atom. The van der Waals surface area contributed by atoms with Gasteiger partial charge in [-0.25, -0.2) is 0 Å². The molecule has 3 nitrogen and oxygen atoms in total. The Kier molecular flexibility index (Phi) is 6.53. The molecule has 11 heavy (non-hydrogen) atoms. The van der Waals surface area contributed by atoms with Crippen molar-refractivity contribution in [2.45, 2.75) is 0 Å². The third-order valence-electron chi connectivity index (χ3n) is 1.06. The number of carbonyl (C=O) groups is 1. The summed E-state index contributed by atoms with van der Waals surface area (Å²) in [5.74, 6) is -0.379. The van der Waals surface area contributed by atoms with E-state index in [0.717, 1.165) is 0 Å². The van der Waals surface area contributed by atoms with E-state index in [1.807, 2.05) is 6.07 Å². The van der Waals surface area contributed by atoms with Gasteiger partial charge in [0, 0.05) is 5.56 Å². The Hall–Kier alpha value is -1.06. The van der Waals surface area contributed by atoms with Gasteiger partial charge in [0.1, 0.15) is 0 Å². The fourth-order valence-electron chi connectivity index (χ4n) is 0.602. The summed E-state index contributed by atoms with van der Waals surface area (Å²) in [7, 11) is 0. The second-order valence-electron chi connectivity index (χ2n) is 1.73. The Morgan fingerprint density at radius 2 is 1.64 bits per heavy atom. The minimum Gasteiger partial charge on any atom is -0.412 e. The average molecular weight is 176 g/mol. The number of carbonyl (C=O) groups excluding carboxylic acids is 1. The molecule has 0 aliphatic heterocycles. The Labute approximate surface area is 70.9 Å². The molecule has 1 aromatic carbocycles. The lowest BCUT2D eigenvalue weighted by Crippen LogP contribution is -2.09. The molecule has 0 aliphatic rings. The van der Waals surface area contributed by atoms with Gasteiger partial charge in [0.05, 0.1) is 0 Å². The largest absolute Gasteiger partial charge is 0.412 e. The third-order valence-corrected chi connectivity index (χ3v) is 1.06. The van der Waals surface area contributed by atoms with E-state index in [4.69, 9.17) is 5.73 Å². The van der Waals surface area contributed by atoms with Crippen LogP contribution in [0.15, 0.2) is 30.3 Å². The molecule has 4 N–H and O–H groups in total. The van der Waals surface area contributed by atoms with E-state index in [9.17, 15) is 4.79 Å². The maximum absolute atomic E-state index is 10.4. The lowest BCUT2D eigenvalue weighted by molar-refractivity contribution is 0.100. The normalized spacial score (nSPS) is 7.27. The van der Waals surface area contributed by atoms with Crippen LogP contribution in [-0.4, -0.2) is 11.4 Å². The fraction of sp³-hybridized carbons (Fsp3) is 0. The van der Waals surface area contributed by atoms with Gasteiger partial charge in [-0.1, -0.05) is 18.2 Å². The number of benzene rings is 1. The highest BCUT2D eigenvalue weighted by molar-refractivity contribution is 5.92. The van der Waals surface area contributed by atoms with Crippen molar-refractivity contribution in [1.82, 2.24) is 0 Å².